The second-order valence-corrected chi connectivity index (χ2v) is 4.96. The van der Waals surface area contributed by atoms with Gasteiger partial charge in [0.25, 0.3) is 0 Å². The third-order valence-electron chi connectivity index (χ3n) is 3.55. The summed E-state index contributed by atoms with van der Waals surface area (Å²) in [6, 6.07) is 0.127. The summed E-state index contributed by atoms with van der Waals surface area (Å²) < 4.78 is 0. The zero-order valence-corrected chi connectivity index (χ0v) is 9.37. The van der Waals surface area contributed by atoms with Gasteiger partial charge in [-0.1, -0.05) is 12.5 Å². The summed E-state index contributed by atoms with van der Waals surface area (Å²) in [5.74, 6) is 0.955. The van der Waals surface area contributed by atoms with Gasteiger partial charge < -0.3 is 5.73 Å². The lowest BCUT2D eigenvalue weighted by Crippen LogP contribution is -2.26. The fourth-order valence-electron chi connectivity index (χ4n) is 2.30. The molecule has 0 heterocycles. The Morgan fingerprint density at radius 1 is 1.40 bits per heavy atom. The fraction of sp³-hybridized carbons (Fsp3) is 0.769. The van der Waals surface area contributed by atoms with E-state index in [0.29, 0.717) is 18.1 Å². The predicted octanol–water partition coefficient (Wildman–Crippen LogP) is 2.57. The molecular formula is C13H21NO. The van der Waals surface area contributed by atoms with Crippen molar-refractivity contribution in [2.45, 2.75) is 57.4 Å². The van der Waals surface area contributed by atoms with Crippen molar-refractivity contribution >= 4 is 5.78 Å². The lowest BCUT2D eigenvalue weighted by atomic mass is 9.98. The van der Waals surface area contributed by atoms with Crippen LogP contribution in [0.4, 0.5) is 0 Å². The van der Waals surface area contributed by atoms with E-state index in [0.717, 1.165) is 18.4 Å². The number of carbonyl (C=O) groups excluding carboxylic acids is 1. The molecule has 0 amide bonds. The number of allylic oxidation sites excluding steroid dienone is 2. The standard InChI is InChI=1S/C13H21NO/c14-12(10-7-8-10)9-13(15)11-5-3-1-2-4-6-11/h5,10,12H,1-4,6-9,14H2. The van der Waals surface area contributed by atoms with Crippen molar-refractivity contribution in [1.82, 2.24) is 0 Å². The van der Waals surface area contributed by atoms with Gasteiger partial charge in [-0.05, 0) is 50.0 Å². The molecule has 15 heavy (non-hydrogen) atoms. The van der Waals surface area contributed by atoms with E-state index < -0.39 is 0 Å². The van der Waals surface area contributed by atoms with Gasteiger partial charge in [0.15, 0.2) is 5.78 Å². The lowest BCUT2D eigenvalue weighted by Gasteiger charge is -2.10. The van der Waals surface area contributed by atoms with Gasteiger partial charge in [-0.25, -0.2) is 0 Å². The SMILES string of the molecule is NC(CC(=O)C1=CCCCCC1)C1CC1. The summed E-state index contributed by atoms with van der Waals surface area (Å²) in [5, 5.41) is 0. The second-order valence-electron chi connectivity index (χ2n) is 4.96. The minimum Gasteiger partial charge on any atom is -0.327 e. The molecule has 1 fully saturated rings. The normalized spacial score (nSPS) is 24.2. The Kier molecular flexibility index (Phi) is 3.57. The number of hydrogen-bond donors (Lipinski definition) is 1. The molecule has 0 aliphatic heterocycles. The Morgan fingerprint density at radius 2 is 2.20 bits per heavy atom. The summed E-state index contributed by atoms with van der Waals surface area (Å²) in [6.45, 7) is 0. The maximum absolute atomic E-state index is 11.9. The molecular weight excluding hydrogens is 186 g/mol. The molecule has 0 bridgehead atoms. The van der Waals surface area contributed by atoms with Gasteiger partial charge in [-0.2, -0.15) is 0 Å². The molecule has 0 aromatic heterocycles. The smallest absolute Gasteiger partial charge is 0.160 e. The Morgan fingerprint density at radius 3 is 2.93 bits per heavy atom. The van der Waals surface area contributed by atoms with Gasteiger partial charge >= 0.3 is 0 Å². The van der Waals surface area contributed by atoms with E-state index in [2.05, 4.69) is 6.08 Å². The van der Waals surface area contributed by atoms with Crippen LogP contribution in [0.25, 0.3) is 0 Å². The van der Waals surface area contributed by atoms with E-state index in [1.54, 1.807) is 0 Å². The van der Waals surface area contributed by atoms with Gasteiger partial charge in [-0.3, -0.25) is 4.79 Å². The number of rotatable bonds is 4. The van der Waals surface area contributed by atoms with Crippen molar-refractivity contribution in [2.75, 3.05) is 0 Å². The molecule has 1 atom stereocenters. The molecule has 2 nitrogen and oxygen atoms in total. The Balaban J connectivity index is 1.85. The summed E-state index contributed by atoms with van der Waals surface area (Å²) >= 11 is 0. The number of carbonyl (C=O) groups is 1. The summed E-state index contributed by atoms with van der Waals surface area (Å²) in [7, 11) is 0. The van der Waals surface area contributed by atoms with Crippen LogP contribution in [0, 0.1) is 5.92 Å². The molecule has 0 aromatic rings. The van der Waals surface area contributed by atoms with Crippen LogP contribution in [0.3, 0.4) is 0 Å². The first kappa shape index (κ1) is 10.9. The van der Waals surface area contributed by atoms with E-state index in [4.69, 9.17) is 5.73 Å². The Bertz CT molecular complexity index is 266. The van der Waals surface area contributed by atoms with Crippen molar-refractivity contribution in [1.29, 1.82) is 0 Å². The van der Waals surface area contributed by atoms with Crippen molar-refractivity contribution in [3.05, 3.63) is 11.6 Å². The molecule has 1 unspecified atom stereocenters. The molecule has 2 rings (SSSR count). The van der Waals surface area contributed by atoms with Crippen molar-refractivity contribution < 1.29 is 4.79 Å². The van der Waals surface area contributed by atoms with Crippen LogP contribution in [-0.4, -0.2) is 11.8 Å². The third kappa shape index (κ3) is 3.16. The van der Waals surface area contributed by atoms with E-state index >= 15 is 0 Å². The van der Waals surface area contributed by atoms with E-state index in [9.17, 15) is 4.79 Å². The molecule has 2 N–H and O–H groups in total. The second kappa shape index (κ2) is 4.93. The summed E-state index contributed by atoms with van der Waals surface area (Å²) in [4.78, 5) is 11.9. The Hall–Kier alpha value is -0.630. The lowest BCUT2D eigenvalue weighted by molar-refractivity contribution is -0.116. The maximum Gasteiger partial charge on any atom is 0.160 e. The number of ketones is 1. The highest BCUT2D eigenvalue weighted by molar-refractivity contribution is 5.95. The zero-order chi connectivity index (χ0) is 10.7. The van der Waals surface area contributed by atoms with Crippen LogP contribution in [0.1, 0.15) is 51.4 Å². The van der Waals surface area contributed by atoms with E-state index in [-0.39, 0.29) is 6.04 Å². The quantitative estimate of drug-likeness (QED) is 0.770. The first-order valence-corrected chi connectivity index (χ1v) is 6.25. The minimum atomic E-state index is 0.127. The number of nitrogens with two attached hydrogens (primary N) is 1. The maximum atomic E-state index is 11.9. The summed E-state index contributed by atoms with van der Waals surface area (Å²) in [6.07, 6.45) is 10.9. The van der Waals surface area contributed by atoms with Crippen LogP contribution in [0.15, 0.2) is 11.6 Å². The van der Waals surface area contributed by atoms with Gasteiger partial charge in [0.1, 0.15) is 0 Å². The molecule has 1 saturated carbocycles. The minimum absolute atomic E-state index is 0.127. The van der Waals surface area contributed by atoms with Crippen LogP contribution in [0.5, 0.6) is 0 Å². The largest absolute Gasteiger partial charge is 0.327 e. The monoisotopic (exact) mass is 207 g/mol. The van der Waals surface area contributed by atoms with Crippen molar-refractivity contribution in [3.63, 3.8) is 0 Å². The van der Waals surface area contributed by atoms with E-state index in [1.807, 2.05) is 0 Å². The number of Topliss-reactive ketones (excluding diaryl/α,β-unsaturated/α-hetero) is 1. The summed E-state index contributed by atoms with van der Waals surface area (Å²) in [5.41, 5.74) is 7.04. The third-order valence-corrected chi connectivity index (χ3v) is 3.55. The van der Waals surface area contributed by atoms with E-state index in [1.165, 1.54) is 32.1 Å². The van der Waals surface area contributed by atoms with Gasteiger partial charge in [-0.15, -0.1) is 0 Å². The van der Waals surface area contributed by atoms with Crippen molar-refractivity contribution in [3.8, 4) is 0 Å². The first-order chi connectivity index (χ1) is 7.27. The number of hydrogen-bond acceptors (Lipinski definition) is 2. The van der Waals surface area contributed by atoms with Crippen LogP contribution in [0.2, 0.25) is 0 Å². The molecule has 2 aliphatic carbocycles. The molecule has 2 heteroatoms. The average molecular weight is 207 g/mol. The van der Waals surface area contributed by atoms with Gasteiger partial charge in [0, 0.05) is 12.5 Å². The van der Waals surface area contributed by atoms with Gasteiger partial charge in [0.05, 0.1) is 0 Å². The van der Waals surface area contributed by atoms with Crippen LogP contribution in [-0.2, 0) is 4.79 Å². The highest BCUT2D eigenvalue weighted by atomic mass is 16.1. The predicted molar refractivity (Wildman–Crippen MR) is 61.5 cm³/mol. The molecule has 0 aromatic carbocycles. The highest BCUT2D eigenvalue weighted by Crippen LogP contribution is 2.33. The molecule has 0 radical (unpaired) electrons. The van der Waals surface area contributed by atoms with Crippen molar-refractivity contribution in [2.24, 2.45) is 11.7 Å². The Labute approximate surface area is 91.9 Å². The van der Waals surface area contributed by atoms with Crippen LogP contribution < -0.4 is 5.73 Å². The topological polar surface area (TPSA) is 43.1 Å². The molecule has 84 valence electrons. The van der Waals surface area contributed by atoms with Gasteiger partial charge in [0.2, 0.25) is 0 Å². The molecule has 0 spiro atoms. The van der Waals surface area contributed by atoms with Crippen LogP contribution >= 0.6 is 0 Å². The highest BCUT2D eigenvalue weighted by Gasteiger charge is 2.30. The fourth-order valence-corrected chi connectivity index (χ4v) is 2.30. The average Bonchev–Trinajstić information content (AvgIpc) is 3.05. The first-order valence-electron chi connectivity index (χ1n) is 6.25. The zero-order valence-electron chi connectivity index (χ0n) is 9.37. The molecule has 0 saturated heterocycles. The molecule has 2 aliphatic rings.